The molecule has 0 bridgehead atoms. The van der Waals surface area contributed by atoms with E-state index in [1.807, 2.05) is 49.9 Å². The molecule has 1 saturated heterocycles. The molecule has 2 atom stereocenters. The second kappa shape index (κ2) is 5.65. The van der Waals surface area contributed by atoms with Gasteiger partial charge in [-0.15, -0.1) is 0 Å². The van der Waals surface area contributed by atoms with Crippen LogP contribution in [-0.2, 0) is 4.79 Å². The van der Waals surface area contributed by atoms with Crippen LogP contribution in [0.3, 0.4) is 0 Å². The van der Waals surface area contributed by atoms with Crippen molar-refractivity contribution in [1.82, 2.24) is 4.90 Å². The Morgan fingerprint density at radius 1 is 1.32 bits per heavy atom. The monoisotopic (exact) mass is 307 g/mol. The molecule has 1 N–H and O–H groups in total. The van der Waals surface area contributed by atoms with Gasteiger partial charge < -0.3 is 5.11 Å². The number of alkyl halides is 1. The molecule has 22 heavy (non-hydrogen) atoms. The van der Waals surface area contributed by atoms with Crippen molar-refractivity contribution in [3.8, 4) is 0 Å². The summed E-state index contributed by atoms with van der Waals surface area (Å²) >= 11 is 0. The number of aliphatic carboxylic acids is 1. The highest BCUT2D eigenvalue weighted by atomic mass is 19.1. The zero-order valence-corrected chi connectivity index (χ0v) is 14.1. The third-order valence-corrected chi connectivity index (χ3v) is 4.69. The van der Waals surface area contributed by atoms with E-state index < -0.39 is 17.6 Å². The fourth-order valence-electron chi connectivity index (χ4n) is 3.03. The van der Waals surface area contributed by atoms with E-state index in [0.29, 0.717) is 12.5 Å². The van der Waals surface area contributed by atoms with Crippen LogP contribution in [0.15, 0.2) is 24.3 Å². The first kappa shape index (κ1) is 16.9. The summed E-state index contributed by atoms with van der Waals surface area (Å²) < 4.78 is 15.2. The Hall–Kier alpha value is -1.42. The Balaban J connectivity index is 2.36. The van der Waals surface area contributed by atoms with Gasteiger partial charge in [-0.25, -0.2) is 9.18 Å². The second-order valence-corrected chi connectivity index (χ2v) is 7.59. The smallest absolute Gasteiger partial charge is 0.343 e. The van der Waals surface area contributed by atoms with E-state index in [0.717, 1.165) is 5.56 Å². The van der Waals surface area contributed by atoms with Crippen molar-refractivity contribution in [3.63, 3.8) is 0 Å². The summed E-state index contributed by atoms with van der Waals surface area (Å²) in [6, 6.07) is 7.71. The molecule has 1 aliphatic rings. The molecule has 0 unspecified atom stereocenters. The Kier molecular flexibility index (Phi) is 4.35. The summed E-state index contributed by atoms with van der Waals surface area (Å²) in [5.74, 6) is -1.60. The van der Waals surface area contributed by atoms with Crippen LogP contribution >= 0.6 is 0 Å². The fourth-order valence-corrected chi connectivity index (χ4v) is 3.03. The average molecular weight is 307 g/mol. The van der Waals surface area contributed by atoms with Gasteiger partial charge >= 0.3 is 5.97 Å². The number of halogens is 1. The summed E-state index contributed by atoms with van der Waals surface area (Å²) in [5.41, 5.74) is -0.540. The first-order valence-corrected chi connectivity index (χ1v) is 7.83. The van der Waals surface area contributed by atoms with E-state index >= 15 is 4.39 Å². The highest BCUT2D eigenvalue weighted by molar-refractivity contribution is 5.80. The molecule has 0 amide bonds. The third-order valence-electron chi connectivity index (χ3n) is 4.69. The first-order chi connectivity index (χ1) is 10.1. The van der Waals surface area contributed by atoms with Crippen LogP contribution in [-0.4, -0.2) is 40.3 Å². The lowest BCUT2D eigenvalue weighted by molar-refractivity contribution is -0.151. The van der Waals surface area contributed by atoms with Crippen LogP contribution in [0, 0.1) is 0 Å². The summed E-state index contributed by atoms with van der Waals surface area (Å²) in [5, 5.41) is 9.43. The normalized spacial score (nSPS) is 26.6. The highest BCUT2D eigenvalue weighted by Gasteiger charge is 2.55. The molecule has 1 fully saturated rings. The maximum atomic E-state index is 15.2. The number of rotatable bonds is 3. The number of benzene rings is 1. The fraction of sp³-hybridized carbons (Fsp3) is 0.611. The summed E-state index contributed by atoms with van der Waals surface area (Å²) in [6.07, 6.45) is 0. The molecular formula is C18H26FNO2. The summed E-state index contributed by atoms with van der Waals surface area (Å²) in [7, 11) is 0. The number of hydrogen-bond donors (Lipinski definition) is 1. The average Bonchev–Trinajstić information content (AvgIpc) is 2.78. The van der Waals surface area contributed by atoms with Gasteiger partial charge in [0.2, 0.25) is 5.67 Å². The maximum Gasteiger partial charge on any atom is 0.343 e. The molecule has 0 aromatic heterocycles. The number of carboxylic acid groups (broad SMARTS) is 1. The molecule has 0 radical (unpaired) electrons. The molecule has 1 aromatic rings. The van der Waals surface area contributed by atoms with Crippen LogP contribution in [0.5, 0.6) is 0 Å². The highest BCUT2D eigenvalue weighted by Crippen LogP contribution is 2.42. The van der Waals surface area contributed by atoms with E-state index in [2.05, 4.69) is 13.8 Å². The molecule has 0 aliphatic carbocycles. The van der Waals surface area contributed by atoms with E-state index in [1.165, 1.54) is 5.56 Å². The molecule has 1 heterocycles. The quantitative estimate of drug-likeness (QED) is 0.923. The molecule has 1 aliphatic heterocycles. The van der Waals surface area contributed by atoms with Gasteiger partial charge in [0.05, 0.1) is 0 Å². The van der Waals surface area contributed by atoms with Crippen molar-refractivity contribution in [1.29, 1.82) is 0 Å². The maximum absolute atomic E-state index is 15.2. The zero-order valence-electron chi connectivity index (χ0n) is 14.1. The van der Waals surface area contributed by atoms with E-state index in [-0.39, 0.29) is 12.1 Å². The molecular weight excluding hydrogens is 281 g/mol. The van der Waals surface area contributed by atoms with Gasteiger partial charge in [-0.05, 0) is 37.8 Å². The number of likely N-dealkylation sites (tertiary alicyclic amines) is 1. The Bertz CT molecular complexity index is 547. The van der Waals surface area contributed by atoms with Crippen LogP contribution in [0.25, 0.3) is 0 Å². The van der Waals surface area contributed by atoms with Gasteiger partial charge in [0, 0.05) is 24.5 Å². The van der Waals surface area contributed by atoms with Crippen LogP contribution in [0.1, 0.15) is 57.6 Å². The van der Waals surface area contributed by atoms with Crippen LogP contribution in [0.4, 0.5) is 4.39 Å². The number of nitrogens with zero attached hydrogens (tertiary/aromatic N) is 1. The summed E-state index contributed by atoms with van der Waals surface area (Å²) in [6.45, 7) is 10.5. The standard InChI is InChI=1S/C18H26FNO2/c1-12(2)13-6-8-14(9-7-13)15-10-20(17(3,4)5)11-18(15,19)16(21)22/h6-9,12,15H,10-11H2,1-5H3,(H,21,22)/t15-,18-/m0/s1. The predicted molar refractivity (Wildman–Crippen MR) is 86.1 cm³/mol. The van der Waals surface area contributed by atoms with Crippen LogP contribution in [0.2, 0.25) is 0 Å². The molecule has 1 aromatic carbocycles. The minimum absolute atomic E-state index is 0.0670. The lowest BCUT2D eigenvalue weighted by Crippen LogP contribution is -2.44. The summed E-state index contributed by atoms with van der Waals surface area (Å²) in [4.78, 5) is 13.5. The molecule has 122 valence electrons. The van der Waals surface area contributed by atoms with Crippen molar-refractivity contribution < 1.29 is 14.3 Å². The van der Waals surface area contributed by atoms with Gasteiger partial charge in [-0.3, -0.25) is 4.90 Å². The lowest BCUT2D eigenvalue weighted by atomic mass is 9.85. The lowest BCUT2D eigenvalue weighted by Gasteiger charge is -2.31. The van der Waals surface area contributed by atoms with Gasteiger partial charge in [-0.1, -0.05) is 38.1 Å². The van der Waals surface area contributed by atoms with Crippen LogP contribution < -0.4 is 0 Å². The molecule has 0 spiro atoms. The second-order valence-electron chi connectivity index (χ2n) is 7.59. The molecule has 0 saturated carbocycles. The van der Waals surface area contributed by atoms with E-state index in [1.54, 1.807) is 0 Å². The molecule has 4 heteroatoms. The van der Waals surface area contributed by atoms with E-state index in [9.17, 15) is 9.90 Å². The molecule has 2 rings (SSSR count). The van der Waals surface area contributed by atoms with E-state index in [4.69, 9.17) is 0 Å². The minimum Gasteiger partial charge on any atom is -0.479 e. The SMILES string of the molecule is CC(C)c1ccc([C@@H]2CN(C(C)(C)C)C[C@@]2(F)C(=O)O)cc1. The number of carbonyl (C=O) groups is 1. The topological polar surface area (TPSA) is 40.5 Å². The number of carboxylic acids is 1. The van der Waals surface area contributed by atoms with Crippen molar-refractivity contribution >= 4 is 5.97 Å². The Morgan fingerprint density at radius 2 is 1.86 bits per heavy atom. The first-order valence-electron chi connectivity index (χ1n) is 7.83. The minimum atomic E-state index is -2.23. The van der Waals surface area contributed by atoms with Gasteiger partial charge in [0.15, 0.2) is 0 Å². The predicted octanol–water partition coefficient (Wildman–Crippen LogP) is 3.80. The van der Waals surface area contributed by atoms with Crippen molar-refractivity contribution in [2.24, 2.45) is 0 Å². The zero-order chi connectivity index (χ0) is 16.7. The van der Waals surface area contributed by atoms with Crippen molar-refractivity contribution in [3.05, 3.63) is 35.4 Å². The van der Waals surface area contributed by atoms with Crippen molar-refractivity contribution in [2.75, 3.05) is 13.1 Å². The van der Waals surface area contributed by atoms with Gasteiger partial charge in [0.25, 0.3) is 0 Å². The Morgan fingerprint density at radius 3 is 2.27 bits per heavy atom. The van der Waals surface area contributed by atoms with Crippen molar-refractivity contribution in [2.45, 2.75) is 57.7 Å². The number of hydrogen-bond acceptors (Lipinski definition) is 2. The third kappa shape index (κ3) is 3.02. The van der Waals surface area contributed by atoms with Gasteiger partial charge in [0.1, 0.15) is 0 Å². The van der Waals surface area contributed by atoms with Gasteiger partial charge in [-0.2, -0.15) is 0 Å². The Labute approximate surface area is 132 Å². The largest absolute Gasteiger partial charge is 0.479 e. The molecule has 3 nitrogen and oxygen atoms in total.